The third kappa shape index (κ3) is 6.83. The van der Waals surface area contributed by atoms with Crippen molar-refractivity contribution in [2.45, 2.75) is 82.3 Å². The number of anilines is 2. The average Bonchev–Trinajstić information content (AvgIpc) is 3.26. The quantitative estimate of drug-likeness (QED) is 0.421. The summed E-state index contributed by atoms with van der Waals surface area (Å²) in [5, 5.41) is 3.19. The van der Waals surface area contributed by atoms with E-state index in [-0.39, 0.29) is 27.6 Å². The third-order valence-corrected chi connectivity index (χ3v) is 9.55. The Kier molecular flexibility index (Phi) is 8.50. The van der Waals surface area contributed by atoms with Crippen molar-refractivity contribution in [2.24, 2.45) is 5.92 Å². The second kappa shape index (κ2) is 11.8. The van der Waals surface area contributed by atoms with Crippen LogP contribution in [-0.4, -0.2) is 55.1 Å². The Morgan fingerprint density at radius 2 is 1.86 bits per heavy atom. The standard InChI is InChI=1S/C32H42N6O4S/c1-31(2,3)26-15-12-23-29(35-26)38-20-22(18-32(38,4)5)11-14-25(24-13-10-21(19-33-24)16-17-42-6)34-27-8-7-9-28(36-27)43(40,41)37-30(23)39/h7-10,12-13,15,19,22,25H,11,14,16-18,20H2,1-6H3,(H,34,36)(H,37,39)/t22-,25?/m0/s1. The second-order valence-corrected chi connectivity index (χ2v) is 14.8. The molecule has 0 aliphatic carbocycles. The van der Waals surface area contributed by atoms with Crippen LogP contribution in [-0.2, 0) is 26.6 Å². The minimum Gasteiger partial charge on any atom is -0.384 e. The van der Waals surface area contributed by atoms with E-state index in [0.717, 1.165) is 42.6 Å². The van der Waals surface area contributed by atoms with Crippen LogP contribution in [0, 0.1) is 5.92 Å². The van der Waals surface area contributed by atoms with Crippen LogP contribution in [0.2, 0.25) is 0 Å². The monoisotopic (exact) mass is 606 g/mol. The summed E-state index contributed by atoms with van der Waals surface area (Å²) in [4.78, 5) is 29.9. The van der Waals surface area contributed by atoms with Gasteiger partial charge < -0.3 is 15.0 Å². The van der Waals surface area contributed by atoms with Gasteiger partial charge in [-0.25, -0.2) is 14.7 Å². The van der Waals surface area contributed by atoms with Crippen LogP contribution in [0.25, 0.3) is 0 Å². The van der Waals surface area contributed by atoms with E-state index in [1.54, 1.807) is 31.4 Å². The van der Waals surface area contributed by atoms with E-state index in [9.17, 15) is 13.2 Å². The first-order valence-electron chi connectivity index (χ1n) is 14.8. The van der Waals surface area contributed by atoms with Gasteiger partial charge in [-0.1, -0.05) is 32.9 Å². The van der Waals surface area contributed by atoms with E-state index < -0.39 is 15.9 Å². The molecule has 2 aliphatic heterocycles. The number of pyridine rings is 3. The van der Waals surface area contributed by atoms with Gasteiger partial charge in [0.2, 0.25) is 0 Å². The lowest BCUT2D eigenvalue weighted by Gasteiger charge is -2.34. The van der Waals surface area contributed by atoms with Crippen molar-refractivity contribution in [1.29, 1.82) is 0 Å². The largest absolute Gasteiger partial charge is 0.384 e. The zero-order valence-corrected chi connectivity index (χ0v) is 26.7. The molecule has 1 saturated heterocycles. The summed E-state index contributed by atoms with van der Waals surface area (Å²) in [6.45, 7) is 11.8. The Bertz CT molecular complexity index is 1580. The maximum Gasteiger partial charge on any atom is 0.281 e. The molecule has 3 aromatic rings. The van der Waals surface area contributed by atoms with E-state index in [1.165, 1.54) is 6.07 Å². The number of hydrogen-bond acceptors (Lipinski definition) is 9. The molecule has 1 fully saturated rings. The number of carbonyl (C=O) groups excluding carboxylic acids is 1. The minimum absolute atomic E-state index is 0.197. The fourth-order valence-corrected chi connectivity index (χ4v) is 6.90. The molecule has 10 nitrogen and oxygen atoms in total. The molecule has 5 rings (SSSR count). The van der Waals surface area contributed by atoms with Gasteiger partial charge in [-0.2, -0.15) is 8.42 Å². The number of carbonyl (C=O) groups is 1. The summed E-state index contributed by atoms with van der Waals surface area (Å²) in [5.74, 6) is 0.496. The molecule has 0 aromatic carbocycles. The highest BCUT2D eigenvalue weighted by Gasteiger charge is 2.41. The molecule has 1 amide bonds. The van der Waals surface area contributed by atoms with Gasteiger partial charge in [0, 0.05) is 36.5 Å². The van der Waals surface area contributed by atoms with Gasteiger partial charge in [-0.05, 0) is 81.3 Å². The van der Waals surface area contributed by atoms with Crippen molar-refractivity contribution in [1.82, 2.24) is 19.7 Å². The van der Waals surface area contributed by atoms with E-state index in [0.29, 0.717) is 30.7 Å². The highest BCUT2D eigenvalue weighted by atomic mass is 32.2. The molecule has 1 unspecified atom stereocenters. The van der Waals surface area contributed by atoms with Gasteiger partial charge in [-0.3, -0.25) is 9.78 Å². The number of methoxy groups -OCH3 is 1. The predicted octanol–water partition coefficient (Wildman–Crippen LogP) is 5.03. The number of sulfonamides is 1. The Hall–Kier alpha value is -3.57. The first-order chi connectivity index (χ1) is 20.3. The highest BCUT2D eigenvalue weighted by Crippen LogP contribution is 2.41. The van der Waals surface area contributed by atoms with Crippen LogP contribution >= 0.6 is 0 Å². The lowest BCUT2D eigenvalue weighted by atomic mass is 9.90. The molecule has 2 aliphatic rings. The lowest BCUT2D eigenvalue weighted by Crippen LogP contribution is -2.41. The summed E-state index contributed by atoms with van der Waals surface area (Å²) in [6.07, 6.45) is 5.19. The van der Waals surface area contributed by atoms with E-state index in [1.807, 2.05) is 12.3 Å². The molecule has 2 N–H and O–H groups in total. The number of hydrogen-bond donors (Lipinski definition) is 2. The topological polar surface area (TPSA) is 126 Å². The van der Waals surface area contributed by atoms with Gasteiger partial charge in [0.15, 0.2) is 5.03 Å². The van der Waals surface area contributed by atoms with E-state index in [4.69, 9.17) is 14.7 Å². The summed E-state index contributed by atoms with van der Waals surface area (Å²) >= 11 is 0. The summed E-state index contributed by atoms with van der Waals surface area (Å²) < 4.78 is 34.3. The smallest absolute Gasteiger partial charge is 0.281 e. The fraction of sp³-hybridized carbons (Fsp3) is 0.500. The summed E-state index contributed by atoms with van der Waals surface area (Å²) in [5.41, 5.74) is 2.44. The number of fused-ring (bicyclic) bond motifs is 6. The maximum atomic E-state index is 13.6. The number of ether oxygens (including phenoxy) is 1. The molecular formula is C32H42N6O4S. The maximum absolute atomic E-state index is 13.6. The predicted molar refractivity (Wildman–Crippen MR) is 167 cm³/mol. The zero-order valence-electron chi connectivity index (χ0n) is 25.8. The number of amides is 1. The Morgan fingerprint density at radius 3 is 2.56 bits per heavy atom. The van der Waals surface area contributed by atoms with Gasteiger partial charge in [0.05, 0.1) is 23.9 Å². The molecule has 43 heavy (non-hydrogen) atoms. The number of nitrogens with zero attached hydrogens (tertiary/aromatic N) is 4. The second-order valence-electron chi connectivity index (χ2n) is 13.2. The molecule has 11 heteroatoms. The molecule has 2 atom stereocenters. The molecule has 4 bridgehead atoms. The third-order valence-electron chi connectivity index (χ3n) is 8.31. The number of rotatable bonds is 4. The van der Waals surface area contributed by atoms with Gasteiger partial charge in [-0.15, -0.1) is 0 Å². The van der Waals surface area contributed by atoms with Crippen molar-refractivity contribution in [3.8, 4) is 0 Å². The molecule has 230 valence electrons. The summed E-state index contributed by atoms with van der Waals surface area (Å²) in [6, 6.07) is 12.1. The van der Waals surface area contributed by atoms with Crippen LogP contribution in [0.15, 0.2) is 53.7 Å². The van der Waals surface area contributed by atoms with Gasteiger partial charge in [0.1, 0.15) is 11.6 Å². The van der Waals surface area contributed by atoms with Crippen LogP contribution in [0.4, 0.5) is 11.6 Å². The Morgan fingerprint density at radius 1 is 1.07 bits per heavy atom. The van der Waals surface area contributed by atoms with Crippen molar-refractivity contribution < 1.29 is 17.9 Å². The van der Waals surface area contributed by atoms with Crippen LogP contribution < -0.4 is 14.9 Å². The van der Waals surface area contributed by atoms with Crippen molar-refractivity contribution in [2.75, 3.05) is 30.5 Å². The zero-order chi connectivity index (χ0) is 31.0. The Labute approximate surface area is 254 Å². The minimum atomic E-state index is -4.27. The highest BCUT2D eigenvalue weighted by molar-refractivity contribution is 7.90. The SMILES string of the molecule is COCCc1ccc(C2CC[C@@H]3CN(c4nc(C(C)(C)C)ccc4C(=O)NS(=O)(=O)c4cccc(n4)N2)C(C)(C)C3)nc1. The van der Waals surface area contributed by atoms with E-state index in [2.05, 4.69) is 60.6 Å². The molecule has 5 heterocycles. The first-order valence-corrected chi connectivity index (χ1v) is 16.3. The van der Waals surface area contributed by atoms with E-state index >= 15 is 0 Å². The number of nitrogens with one attached hydrogen (secondary N) is 2. The molecular weight excluding hydrogens is 564 g/mol. The van der Waals surface area contributed by atoms with Crippen molar-refractivity contribution in [3.63, 3.8) is 0 Å². The first kappa shape index (κ1) is 30.9. The van der Waals surface area contributed by atoms with Crippen molar-refractivity contribution in [3.05, 3.63) is 71.2 Å². The lowest BCUT2D eigenvalue weighted by molar-refractivity contribution is 0.0981. The van der Waals surface area contributed by atoms with Crippen LogP contribution in [0.1, 0.15) is 87.2 Å². The molecule has 0 radical (unpaired) electrons. The van der Waals surface area contributed by atoms with Gasteiger partial charge >= 0.3 is 0 Å². The Balaban J connectivity index is 1.57. The molecule has 3 aromatic heterocycles. The molecule has 0 saturated carbocycles. The molecule has 0 spiro atoms. The van der Waals surface area contributed by atoms with Crippen LogP contribution in [0.5, 0.6) is 0 Å². The normalized spacial score (nSPS) is 21.6. The van der Waals surface area contributed by atoms with Crippen LogP contribution in [0.3, 0.4) is 0 Å². The fourth-order valence-electron chi connectivity index (χ4n) is 5.96. The van der Waals surface area contributed by atoms with Gasteiger partial charge in [0.25, 0.3) is 15.9 Å². The number of aromatic nitrogens is 3. The summed E-state index contributed by atoms with van der Waals surface area (Å²) in [7, 11) is -2.59. The average molecular weight is 607 g/mol. The van der Waals surface area contributed by atoms with Crippen molar-refractivity contribution >= 4 is 27.6 Å².